The molecule has 2 rings (SSSR count). The second-order valence-electron chi connectivity index (χ2n) is 3.53. The Labute approximate surface area is 98.2 Å². The first-order valence-electron chi connectivity index (χ1n) is 5.31. The first-order chi connectivity index (χ1) is 7.90. The number of para-hydroxylation sites is 1. The summed E-state index contributed by atoms with van der Waals surface area (Å²) in [5.74, 6) is 0.992. The zero-order valence-corrected chi connectivity index (χ0v) is 10.3. The maximum atomic E-state index is 5.34. The molecule has 0 aromatic heterocycles. The molecule has 0 fully saturated rings. The molecule has 0 saturated carbocycles. The predicted octanol–water partition coefficient (Wildman–Crippen LogP) is 3.20. The molecule has 16 heavy (non-hydrogen) atoms. The van der Waals surface area contributed by atoms with Gasteiger partial charge in [-0.05, 0) is 23.1 Å². The quantitative estimate of drug-likeness (QED) is 0.733. The maximum Gasteiger partial charge on any atom is 0.122 e. The van der Waals surface area contributed by atoms with Crippen LogP contribution in [0.25, 0.3) is 0 Å². The van der Waals surface area contributed by atoms with E-state index in [0.717, 1.165) is 20.5 Å². The second kappa shape index (κ2) is 5.67. The Kier molecular flexibility index (Phi) is 3.96. The van der Waals surface area contributed by atoms with Gasteiger partial charge in [-0.2, -0.15) is 0 Å². The van der Waals surface area contributed by atoms with Gasteiger partial charge in [0.1, 0.15) is 5.75 Å². The van der Waals surface area contributed by atoms with Crippen LogP contribution >= 0.6 is 8.58 Å². The largest absolute Gasteiger partial charge is 0.496 e. The van der Waals surface area contributed by atoms with E-state index in [1.54, 1.807) is 7.11 Å². The van der Waals surface area contributed by atoms with Crippen LogP contribution in [0.1, 0.15) is 5.56 Å². The summed E-state index contributed by atoms with van der Waals surface area (Å²) in [6.45, 7) is 0. The molecule has 82 valence electrons. The van der Waals surface area contributed by atoms with Crippen molar-refractivity contribution in [1.29, 1.82) is 0 Å². The summed E-state index contributed by atoms with van der Waals surface area (Å²) in [5.41, 5.74) is 1.28. The lowest BCUT2D eigenvalue weighted by molar-refractivity contribution is 0.411. The van der Waals surface area contributed by atoms with Crippen molar-refractivity contribution in [1.82, 2.24) is 0 Å². The van der Waals surface area contributed by atoms with Gasteiger partial charge in [0.05, 0.1) is 7.11 Å². The zero-order valence-electron chi connectivity index (χ0n) is 9.31. The highest BCUT2D eigenvalue weighted by Gasteiger charge is 2.01. The maximum absolute atomic E-state index is 5.34. The number of hydrogen-bond acceptors (Lipinski definition) is 1. The van der Waals surface area contributed by atoms with E-state index in [2.05, 4.69) is 42.5 Å². The smallest absolute Gasteiger partial charge is 0.122 e. The summed E-state index contributed by atoms with van der Waals surface area (Å²) in [5, 5.41) is 1.40. The Morgan fingerprint density at radius 1 is 0.938 bits per heavy atom. The van der Waals surface area contributed by atoms with E-state index in [1.165, 1.54) is 10.9 Å². The van der Waals surface area contributed by atoms with Crippen molar-refractivity contribution in [2.75, 3.05) is 7.11 Å². The van der Waals surface area contributed by atoms with Crippen LogP contribution in [0.4, 0.5) is 0 Å². The van der Waals surface area contributed by atoms with Gasteiger partial charge >= 0.3 is 0 Å². The third kappa shape index (κ3) is 2.84. The molecule has 0 saturated heterocycles. The standard InChI is InChI=1S/C14H15OP/c1-15-14-10-6-5-7-12(14)11-16-13-8-3-2-4-9-13/h2-10,16H,11H2,1H3. The Balaban J connectivity index is 2.05. The van der Waals surface area contributed by atoms with Gasteiger partial charge in [0.2, 0.25) is 0 Å². The number of benzene rings is 2. The van der Waals surface area contributed by atoms with Gasteiger partial charge < -0.3 is 4.74 Å². The van der Waals surface area contributed by atoms with E-state index in [9.17, 15) is 0 Å². The zero-order chi connectivity index (χ0) is 11.2. The van der Waals surface area contributed by atoms with Crippen LogP contribution in [0.15, 0.2) is 54.6 Å². The summed E-state index contributed by atoms with van der Waals surface area (Å²) in [7, 11) is 2.53. The SMILES string of the molecule is COc1ccccc1CPc1ccccc1. The molecule has 2 heteroatoms. The minimum absolute atomic E-state index is 0.801. The van der Waals surface area contributed by atoms with Crippen LogP contribution in [-0.2, 0) is 6.16 Å². The van der Waals surface area contributed by atoms with Crippen molar-refractivity contribution in [3.63, 3.8) is 0 Å². The summed E-state index contributed by atoms with van der Waals surface area (Å²) < 4.78 is 5.34. The molecule has 0 N–H and O–H groups in total. The first kappa shape index (κ1) is 11.2. The van der Waals surface area contributed by atoms with E-state index in [4.69, 9.17) is 4.74 Å². The van der Waals surface area contributed by atoms with Crippen molar-refractivity contribution >= 4 is 13.9 Å². The van der Waals surface area contributed by atoms with Gasteiger partial charge in [0.15, 0.2) is 0 Å². The normalized spacial score (nSPS) is 10.8. The fourth-order valence-electron chi connectivity index (χ4n) is 1.60. The molecular weight excluding hydrogens is 215 g/mol. The molecule has 0 aliphatic rings. The van der Waals surface area contributed by atoms with Crippen molar-refractivity contribution in [2.45, 2.75) is 6.16 Å². The lowest BCUT2D eigenvalue weighted by atomic mass is 10.2. The number of rotatable bonds is 4. The molecule has 2 aromatic carbocycles. The summed E-state index contributed by atoms with van der Waals surface area (Å²) in [4.78, 5) is 0. The molecular formula is C14H15OP. The van der Waals surface area contributed by atoms with Gasteiger partial charge in [-0.15, -0.1) is 0 Å². The Bertz CT molecular complexity index is 439. The van der Waals surface area contributed by atoms with Crippen LogP contribution in [0.3, 0.4) is 0 Å². The molecule has 0 aliphatic heterocycles. The van der Waals surface area contributed by atoms with Gasteiger partial charge in [-0.25, -0.2) is 0 Å². The molecule has 0 spiro atoms. The summed E-state index contributed by atoms with van der Waals surface area (Å²) in [6, 6.07) is 18.8. The first-order valence-corrected chi connectivity index (χ1v) is 6.51. The van der Waals surface area contributed by atoms with Crippen LogP contribution < -0.4 is 10.0 Å². The summed E-state index contributed by atoms with van der Waals surface area (Å²) >= 11 is 0. The van der Waals surface area contributed by atoms with Crippen molar-refractivity contribution < 1.29 is 4.74 Å². The van der Waals surface area contributed by atoms with E-state index in [0.29, 0.717) is 0 Å². The van der Waals surface area contributed by atoms with Crippen LogP contribution in [0.5, 0.6) is 5.75 Å². The lowest BCUT2D eigenvalue weighted by Crippen LogP contribution is -1.94. The summed E-state index contributed by atoms with van der Waals surface area (Å²) in [6.07, 6.45) is 1.05. The third-order valence-electron chi connectivity index (χ3n) is 2.45. The minimum atomic E-state index is 0.801. The molecule has 1 atom stereocenters. The third-order valence-corrected chi connectivity index (χ3v) is 3.75. The molecule has 2 aromatic rings. The van der Waals surface area contributed by atoms with Crippen molar-refractivity contribution in [2.24, 2.45) is 0 Å². The molecule has 1 nitrogen and oxygen atoms in total. The van der Waals surface area contributed by atoms with E-state index < -0.39 is 0 Å². The van der Waals surface area contributed by atoms with Crippen molar-refractivity contribution in [3.8, 4) is 5.75 Å². The van der Waals surface area contributed by atoms with Gasteiger partial charge in [-0.3, -0.25) is 0 Å². The Morgan fingerprint density at radius 2 is 1.62 bits per heavy atom. The molecule has 0 heterocycles. The fourth-order valence-corrected chi connectivity index (χ4v) is 2.72. The minimum Gasteiger partial charge on any atom is -0.496 e. The highest BCUT2D eigenvalue weighted by molar-refractivity contribution is 7.46. The topological polar surface area (TPSA) is 9.23 Å². The molecule has 1 unspecified atom stereocenters. The van der Waals surface area contributed by atoms with Gasteiger partial charge in [-0.1, -0.05) is 57.1 Å². The van der Waals surface area contributed by atoms with Crippen molar-refractivity contribution in [3.05, 3.63) is 60.2 Å². The average molecular weight is 230 g/mol. The van der Waals surface area contributed by atoms with Gasteiger partial charge in [0, 0.05) is 0 Å². The van der Waals surface area contributed by atoms with Gasteiger partial charge in [0.25, 0.3) is 0 Å². The number of methoxy groups -OCH3 is 1. The molecule has 0 aliphatic carbocycles. The Morgan fingerprint density at radius 3 is 2.38 bits per heavy atom. The van der Waals surface area contributed by atoms with Crippen LogP contribution in [-0.4, -0.2) is 7.11 Å². The second-order valence-corrected chi connectivity index (χ2v) is 4.82. The molecule has 0 bridgehead atoms. The van der Waals surface area contributed by atoms with Crippen LogP contribution in [0.2, 0.25) is 0 Å². The Hall–Kier alpha value is -1.33. The number of hydrogen-bond donors (Lipinski definition) is 0. The predicted molar refractivity (Wildman–Crippen MR) is 71.1 cm³/mol. The lowest BCUT2D eigenvalue weighted by Gasteiger charge is -2.07. The monoisotopic (exact) mass is 230 g/mol. The molecule has 0 radical (unpaired) electrons. The van der Waals surface area contributed by atoms with E-state index in [1.807, 2.05) is 12.1 Å². The fraction of sp³-hybridized carbons (Fsp3) is 0.143. The van der Waals surface area contributed by atoms with E-state index in [-0.39, 0.29) is 0 Å². The average Bonchev–Trinajstić information content (AvgIpc) is 2.38. The number of ether oxygens (including phenoxy) is 1. The van der Waals surface area contributed by atoms with Crippen LogP contribution in [0, 0.1) is 0 Å². The highest BCUT2D eigenvalue weighted by Crippen LogP contribution is 2.25. The highest BCUT2D eigenvalue weighted by atomic mass is 31.1. The molecule has 0 amide bonds. The van der Waals surface area contributed by atoms with E-state index >= 15 is 0 Å².